The first-order valence-electron chi connectivity index (χ1n) is 7.68. The molecular weight excluding hydrogens is 439 g/mol. The Kier molecular flexibility index (Phi) is 41.2. The Labute approximate surface area is 167 Å². The molecule has 0 atom stereocenters. The van der Waals surface area contributed by atoms with Crippen molar-refractivity contribution in [1.82, 2.24) is 0 Å². The molecule has 0 aliphatic rings. The van der Waals surface area contributed by atoms with Gasteiger partial charge in [-0.3, -0.25) is 0 Å². The first kappa shape index (κ1) is 31.2. The maximum atomic E-state index is 9.90. The summed E-state index contributed by atoms with van der Waals surface area (Å²) in [4.78, 5) is 19.8. The first-order chi connectivity index (χ1) is 10.5. The van der Waals surface area contributed by atoms with Crippen molar-refractivity contribution in [2.24, 2.45) is 0 Å². The molecule has 0 fully saturated rings. The van der Waals surface area contributed by atoms with E-state index in [0.717, 1.165) is 12.8 Å². The summed E-state index contributed by atoms with van der Waals surface area (Å²) in [5.74, 6) is -1.27. The predicted octanol–water partition coefficient (Wildman–Crippen LogP) is 2.29. The van der Waals surface area contributed by atoms with Crippen molar-refractivity contribution in [2.75, 3.05) is 11.5 Å². The topological polar surface area (TPSA) is 80.3 Å². The number of carbonyl (C=O) groups excluding carboxylic acids is 2. The van der Waals surface area contributed by atoms with Crippen LogP contribution in [0.3, 0.4) is 0 Å². The number of hydrogen-bond acceptors (Lipinski definition) is 6. The average Bonchev–Trinajstić information content (AvgIpc) is 2.45. The quantitative estimate of drug-likeness (QED) is 0.263. The van der Waals surface area contributed by atoms with E-state index in [9.17, 15) is 19.8 Å². The third-order valence-corrected chi connectivity index (χ3v) is 4.48. The molecule has 0 aromatic heterocycles. The summed E-state index contributed by atoms with van der Waals surface area (Å²) in [7, 11) is 2.66. The first-order valence-corrected chi connectivity index (χ1v) is 10.2. The van der Waals surface area contributed by atoms with Crippen LogP contribution in [0.5, 0.6) is 0 Å². The van der Waals surface area contributed by atoms with Crippen LogP contribution in [0, 0.1) is 13.8 Å². The van der Waals surface area contributed by atoms with E-state index in [1.54, 1.807) is 0 Å². The maximum Gasteiger partial charge on any atom is 2.00 e. The minimum absolute atomic E-state index is 0. The van der Waals surface area contributed by atoms with Gasteiger partial charge in [0.05, 0.1) is 0 Å². The van der Waals surface area contributed by atoms with Crippen molar-refractivity contribution in [2.45, 2.75) is 65.2 Å². The van der Waals surface area contributed by atoms with Crippen molar-refractivity contribution < 1.29 is 19.8 Å². The zero-order chi connectivity index (χ0) is 17.6. The molecule has 0 aromatic carbocycles. The van der Waals surface area contributed by atoms with E-state index in [2.05, 4.69) is 27.7 Å². The molecule has 0 aliphatic carbocycles. The molecule has 0 saturated carbocycles. The van der Waals surface area contributed by atoms with Crippen LogP contribution >= 0.6 is 21.6 Å². The Morgan fingerprint density at radius 3 is 1.26 bits per heavy atom. The molecule has 0 heterocycles. The van der Waals surface area contributed by atoms with Crippen molar-refractivity contribution in [3.05, 3.63) is 13.8 Å². The van der Waals surface area contributed by atoms with Gasteiger partial charge in [0.2, 0.25) is 0 Å². The number of aliphatic carboxylic acids is 2. The van der Waals surface area contributed by atoms with Gasteiger partial charge < -0.3 is 19.8 Å². The van der Waals surface area contributed by atoms with E-state index in [-0.39, 0.29) is 36.7 Å². The summed E-state index contributed by atoms with van der Waals surface area (Å²) < 4.78 is 0. The van der Waals surface area contributed by atoms with E-state index >= 15 is 0 Å². The molecule has 4 radical (unpaired) electrons. The Bertz CT molecular complexity index is 214. The Morgan fingerprint density at radius 1 is 0.826 bits per heavy atom. The number of hydrogen-bond donors (Lipinski definition) is 0. The number of rotatable bonds is 11. The summed E-state index contributed by atoms with van der Waals surface area (Å²) in [5, 5.41) is 19.8. The van der Waals surface area contributed by atoms with Crippen LogP contribution in [0.25, 0.3) is 0 Å². The fraction of sp³-hybridized carbons (Fsp3) is 0.750. The molecule has 23 heavy (non-hydrogen) atoms. The minimum Gasteiger partial charge on any atom is -0.550 e. The van der Waals surface area contributed by atoms with Gasteiger partial charge in [0, 0.05) is 23.4 Å². The third-order valence-electron chi connectivity index (χ3n) is 2.07. The van der Waals surface area contributed by atoms with Gasteiger partial charge in [-0.2, -0.15) is 0 Å². The second-order valence-corrected chi connectivity index (χ2v) is 7.00. The van der Waals surface area contributed by atoms with Crippen LogP contribution in [0.1, 0.15) is 65.2 Å². The van der Waals surface area contributed by atoms with Crippen LogP contribution < -0.4 is 10.2 Å². The van der Waals surface area contributed by atoms with Gasteiger partial charge in [-0.25, -0.2) is 0 Å². The molecule has 0 saturated heterocycles. The van der Waals surface area contributed by atoms with E-state index in [4.69, 9.17) is 0 Å². The van der Waals surface area contributed by atoms with Gasteiger partial charge in [0.15, 0.2) is 0 Å². The van der Waals surface area contributed by atoms with Crippen LogP contribution in [-0.4, -0.2) is 47.4 Å². The van der Waals surface area contributed by atoms with E-state index in [1.165, 1.54) is 47.3 Å². The van der Waals surface area contributed by atoms with Crippen molar-refractivity contribution in [1.29, 1.82) is 0 Å². The Hall–Kier alpha value is 0.439. The van der Waals surface area contributed by atoms with Gasteiger partial charge in [0.1, 0.15) is 0 Å². The van der Waals surface area contributed by atoms with Crippen molar-refractivity contribution in [3.63, 3.8) is 0 Å². The Morgan fingerprint density at radius 2 is 1.13 bits per heavy atom. The average molecular weight is 469 g/mol. The van der Waals surface area contributed by atoms with Crippen LogP contribution in [-0.2, 0) is 9.59 Å². The molecule has 134 valence electrons. The summed E-state index contributed by atoms with van der Waals surface area (Å²) in [6.45, 7) is 11.7. The van der Waals surface area contributed by atoms with Gasteiger partial charge >= 0.3 is 23.9 Å². The monoisotopic (exact) mass is 470 g/mol. The van der Waals surface area contributed by atoms with E-state index < -0.39 is 11.9 Å². The summed E-state index contributed by atoms with van der Waals surface area (Å²) in [6, 6.07) is 0. The molecule has 7 heteroatoms. The van der Waals surface area contributed by atoms with Crippen molar-refractivity contribution in [3.8, 4) is 0 Å². The van der Waals surface area contributed by atoms with E-state index in [1.807, 2.05) is 0 Å². The molecule has 0 aliphatic heterocycles. The molecule has 0 rings (SSSR count). The summed E-state index contributed by atoms with van der Waals surface area (Å²) in [5.41, 5.74) is 0. The molecule has 0 unspecified atom stereocenters. The molecule has 0 amide bonds. The molecular formula is C16H30O4S2Sn. The summed E-state index contributed by atoms with van der Waals surface area (Å²) >= 11 is 0. The largest absolute Gasteiger partial charge is 2.00 e. The number of carboxylic acid groups (broad SMARTS) is 2. The van der Waals surface area contributed by atoms with Crippen LogP contribution in [0.15, 0.2) is 0 Å². The van der Waals surface area contributed by atoms with E-state index in [0.29, 0.717) is 11.5 Å². The molecule has 0 aromatic rings. The minimum atomic E-state index is -1.08. The number of unbranched alkanes of at least 4 members (excludes halogenated alkanes) is 4. The Balaban J connectivity index is -0.000000137. The smallest absolute Gasteiger partial charge is 0.550 e. The maximum absolute atomic E-state index is 9.90. The van der Waals surface area contributed by atoms with Gasteiger partial charge in [-0.15, -0.1) is 0 Å². The normalized spacial score (nSPS) is 8.70. The second kappa shape index (κ2) is 30.3. The second-order valence-electron chi connectivity index (χ2n) is 4.30. The van der Waals surface area contributed by atoms with Crippen molar-refractivity contribution >= 4 is 57.4 Å². The summed E-state index contributed by atoms with van der Waals surface area (Å²) in [6.07, 6.45) is 7.31. The molecule has 0 N–H and O–H groups in total. The number of carboxylic acids is 2. The van der Waals surface area contributed by atoms with Crippen LogP contribution in [0.4, 0.5) is 0 Å². The zero-order valence-corrected chi connectivity index (χ0v) is 18.9. The van der Waals surface area contributed by atoms with Gasteiger partial charge in [0.25, 0.3) is 0 Å². The van der Waals surface area contributed by atoms with Gasteiger partial charge in [-0.1, -0.05) is 87.8 Å². The zero-order valence-electron chi connectivity index (χ0n) is 14.4. The fourth-order valence-corrected chi connectivity index (χ4v) is 2.81. The molecule has 0 spiro atoms. The number of carbonyl (C=O) groups is 2. The standard InChI is InChI=1S/C6H10O4S2.2C5H11.Sn/c7-5(8)1-3-11-12-4-2-6(9)10;2*1-3-5-4-2;/h1-4H2,(H,7,8)(H,9,10);2*1,3-5H2,2H3;/q;;;+2/p-2. The fourth-order valence-electron chi connectivity index (χ4n) is 0.868. The molecule has 4 nitrogen and oxygen atoms in total. The van der Waals surface area contributed by atoms with Crippen LogP contribution in [0.2, 0.25) is 0 Å². The molecule has 0 bridgehead atoms. The van der Waals surface area contributed by atoms with Gasteiger partial charge in [-0.05, 0) is 12.8 Å². The third kappa shape index (κ3) is 51.9. The predicted molar refractivity (Wildman–Crippen MR) is 99.7 cm³/mol. The SMILES string of the molecule is O=C([O-])CCSSCCC(=O)[O-].[CH2]CCCC.[CH2]CCCC.[Sn+2].